The molecule has 1 fully saturated rings. The third-order valence-electron chi connectivity index (χ3n) is 7.43. The third kappa shape index (κ3) is 7.47. The van der Waals surface area contributed by atoms with E-state index >= 15 is 0 Å². The van der Waals surface area contributed by atoms with Gasteiger partial charge in [0.15, 0.2) is 0 Å². The van der Waals surface area contributed by atoms with Gasteiger partial charge in [0.25, 0.3) is 10.0 Å². The molecule has 1 heterocycles. The molecule has 3 aromatic rings. The van der Waals surface area contributed by atoms with E-state index in [1.165, 1.54) is 17.0 Å². The van der Waals surface area contributed by atoms with Crippen LogP contribution < -0.4 is 20.3 Å². The van der Waals surface area contributed by atoms with E-state index in [1.54, 1.807) is 25.2 Å². The number of carbonyl (C=O) groups excluding carboxylic acids is 2. The van der Waals surface area contributed by atoms with Gasteiger partial charge in [-0.15, -0.1) is 0 Å². The Morgan fingerprint density at radius 1 is 0.974 bits per heavy atom. The molecule has 208 valence electrons. The molecule has 1 aliphatic rings. The minimum atomic E-state index is -3.99. The van der Waals surface area contributed by atoms with Crippen molar-refractivity contribution in [2.45, 2.75) is 56.9 Å². The number of nitrogens with zero attached hydrogens (tertiary/aromatic N) is 2. The smallest absolute Gasteiger partial charge is 0.328 e. The van der Waals surface area contributed by atoms with Gasteiger partial charge < -0.3 is 10.6 Å². The highest BCUT2D eigenvalue weighted by atomic mass is 32.2. The number of rotatable bonds is 8. The molecule has 0 saturated heterocycles. The lowest BCUT2D eigenvalue weighted by molar-refractivity contribution is 0.219. The average molecular weight is 552 g/mol. The molecule has 9 nitrogen and oxygen atoms in total. The Hall–Kier alpha value is -3.66. The Kier molecular flexibility index (Phi) is 9.06. The van der Waals surface area contributed by atoms with E-state index in [4.69, 9.17) is 0 Å². The molecular formula is C29H37N5O4S. The predicted octanol–water partition coefficient (Wildman–Crippen LogP) is 4.83. The second-order valence-corrected chi connectivity index (χ2v) is 12.2. The van der Waals surface area contributed by atoms with Crippen LogP contribution >= 0.6 is 0 Å². The Morgan fingerprint density at radius 2 is 1.67 bits per heavy atom. The fourth-order valence-corrected chi connectivity index (χ4v) is 5.86. The zero-order chi connectivity index (χ0) is 28.0. The maximum Gasteiger partial charge on any atom is 0.328 e. The lowest BCUT2D eigenvalue weighted by Gasteiger charge is -2.31. The molecular weight excluding hydrogens is 514 g/mol. The maximum absolute atomic E-state index is 12.7. The van der Waals surface area contributed by atoms with Gasteiger partial charge in [-0.25, -0.2) is 27.7 Å². The first-order chi connectivity index (χ1) is 18.6. The van der Waals surface area contributed by atoms with Gasteiger partial charge >= 0.3 is 12.1 Å². The van der Waals surface area contributed by atoms with E-state index in [0.717, 1.165) is 42.1 Å². The van der Waals surface area contributed by atoms with Crippen molar-refractivity contribution in [3.05, 3.63) is 66.2 Å². The summed E-state index contributed by atoms with van der Waals surface area (Å²) in [5.41, 5.74) is 1.66. The Morgan fingerprint density at radius 3 is 2.36 bits per heavy atom. The molecule has 10 heteroatoms. The van der Waals surface area contributed by atoms with Gasteiger partial charge in [-0.3, -0.25) is 4.90 Å². The van der Waals surface area contributed by atoms with Crippen LogP contribution in [-0.2, 0) is 16.4 Å². The molecule has 2 aromatic carbocycles. The zero-order valence-electron chi connectivity index (χ0n) is 22.7. The van der Waals surface area contributed by atoms with E-state index < -0.39 is 16.1 Å². The van der Waals surface area contributed by atoms with Crippen LogP contribution in [0.2, 0.25) is 0 Å². The average Bonchev–Trinajstić information content (AvgIpc) is 2.92. The van der Waals surface area contributed by atoms with Gasteiger partial charge in [-0.05, 0) is 79.8 Å². The van der Waals surface area contributed by atoms with E-state index in [-0.39, 0.29) is 17.0 Å². The number of pyridine rings is 1. The molecule has 0 spiro atoms. The van der Waals surface area contributed by atoms with Crippen LogP contribution in [0, 0.1) is 11.8 Å². The first kappa shape index (κ1) is 28.4. The van der Waals surface area contributed by atoms with Crippen molar-refractivity contribution in [3.8, 4) is 0 Å². The van der Waals surface area contributed by atoms with Crippen molar-refractivity contribution in [1.29, 1.82) is 0 Å². The number of fused-ring (bicyclic) bond motifs is 1. The van der Waals surface area contributed by atoms with Gasteiger partial charge in [-0.1, -0.05) is 44.2 Å². The topological polar surface area (TPSA) is 120 Å². The quantitative estimate of drug-likeness (QED) is 0.371. The highest BCUT2D eigenvalue weighted by Gasteiger charge is 2.26. The lowest BCUT2D eigenvalue weighted by atomic mass is 9.80. The molecule has 39 heavy (non-hydrogen) atoms. The summed E-state index contributed by atoms with van der Waals surface area (Å²) in [7, 11) is -2.33. The van der Waals surface area contributed by atoms with Crippen molar-refractivity contribution in [1.82, 2.24) is 20.3 Å². The van der Waals surface area contributed by atoms with Crippen LogP contribution in [-0.4, -0.2) is 45.1 Å². The highest BCUT2D eigenvalue weighted by molar-refractivity contribution is 7.90. The fourth-order valence-electron chi connectivity index (χ4n) is 4.94. The second kappa shape index (κ2) is 12.5. The first-order valence-corrected chi connectivity index (χ1v) is 14.9. The lowest BCUT2D eigenvalue weighted by Crippen LogP contribution is -2.45. The normalized spacial score (nSPS) is 17.5. The largest absolute Gasteiger partial charge is 0.337 e. The molecule has 1 aromatic heterocycles. The molecule has 1 aliphatic carbocycles. The molecule has 0 radical (unpaired) electrons. The van der Waals surface area contributed by atoms with Crippen LogP contribution in [0.5, 0.6) is 0 Å². The number of carbonyl (C=O) groups is 2. The molecule has 4 rings (SSSR count). The zero-order valence-corrected chi connectivity index (χ0v) is 23.5. The van der Waals surface area contributed by atoms with Gasteiger partial charge in [0.1, 0.15) is 5.82 Å². The Labute approximate surface area is 230 Å². The van der Waals surface area contributed by atoms with Crippen molar-refractivity contribution in [2.75, 3.05) is 18.5 Å². The van der Waals surface area contributed by atoms with Crippen LogP contribution in [0.4, 0.5) is 15.4 Å². The van der Waals surface area contributed by atoms with E-state index in [0.29, 0.717) is 30.6 Å². The molecule has 3 N–H and O–H groups in total. The number of urea groups is 2. The monoisotopic (exact) mass is 551 g/mol. The predicted molar refractivity (Wildman–Crippen MR) is 153 cm³/mol. The number of aromatic nitrogens is 1. The number of para-hydroxylation sites is 1. The summed E-state index contributed by atoms with van der Waals surface area (Å²) >= 11 is 0. The first-order valence-electron chi connectivity index (χ1n) is 13.4. The minimum absolute atomic E-state index is 0.0102. The van der Waals surface area contributed by atoms with Crippen LogP contribution in [0.25, 0.3) is 10.9 Å². The number of hydrogen-bond donors (Lipinski definition) is 3. The highest BCUT2D eigenvalue weighted by Crippen LogP contribution is 2.29. The van der Waals surface area contributed by atoms with Crippen molar-refractivity contribution in [3.63, 3.8) is 0 Å². The molecule has 4 amide bonds. The maximum atomic E-state index is 12.7. The summed E-state index contributed by atoms with van der Waals surface area (Å²) in [5, 5.41) is 6.67. The van der Waals surface area contributed by atoms with Crippen LogP contribution in [0.15, 0.2) is 65.6 Å². The summed E-state index contributed by atoms with van der Waals surface area (Å²) in [6.07, 6.45) is 4.30. The summed E-state index contributed by atoms with van der Waals surface area (Å²) < 4.78 is 27.5. The van der Waals surface area contributed by atoms with Crippen LogP contribution in [0.1, 0.15) is 45.1 Å². The van der Waals surface area contributed by atoms with E-state index in [2.05, 4.69) is 34.2 Å². The minimum Gasteiger partial charge on any atom is -0.337 e. The van der Waals surface area contributed by atoms with Crippen molar-refractivity contribution in [2.24, 2.45) is 11.8 Å². The van der Waals surface area contributed by atoms with Gasteiger partial charge in [0, 0.05) is 25.0 Å². The Bertz CT molecular complexity index is 1400. The third-order valence-corrected chi connectivity index (χ3v) is 8.78. The summed E-state index contributed by atoms with van der Waals surface area (Å²) in [4.78, 5) is 31.0. The summed E-state index contributed by atoms with van der Waals surface area (Å²) in [6.45, 7) is 4.79. The molecule has 0 unspecified atom stereocenters. The fraction of sp³-hybridized carbons (Fsp3) is 0.414. The van der Waals surface area contributed by atoms with E-state index in [9.17, 15) is 18.0 Å². The molecule has 0 atom stereocenters. The second-order valence-electron chi connectivity index (χ2n) is 10.5. The number of nitrogens with one attached hydrogen (secondary N) is 3. The van der Waals surface area contributed by atoms with Crippen molar-refractivity contribution < 1.29 is 18.0 Å². The van der Waals surface area contributed by atoms with Gasteiger partial charge in [0.2, 0.25) is 0 Å². The SMILES string of the molecule is CC(C)C1CCC(NC(=O)NS(=O)(=O)c2ccc(CCNC(=O)N(C)c3ccc4ccccc4n3)cc2)CC1. The van der Waals surface area contributed by atoms with Crippen molar-refractivity contribution >= 4 is 38.8 Å². The number of sulfonamides is 1. The summed E-state index contributed by atoms with van der Waals surface area (Å²) in [6, 6.07) is 16.7. The molecule has 1 saturated carbocycles. The number of amides is 4. The standard InChI is InChI=1S/C29H37N5O4S/c1-20(2)22-10-13-24(14-11-22)31-28(35)33-39(37,38)25-15-8-21(9-16-25)18-19-30-29(36)34(3)27-17-12-23-6-4-5-7-26(23)32-27/h4-9,12,15-17,20,22,24H,10-11,13-14,18-19H2,1-3H3,(H,30,36)(H2,31,33,35). The molecule has 0 bridgehead atoms. The number of benzene rings is 2. The van der Waals surface area contributed by atoms with Gasteiger partial charge in [0.05, 0.1) is 10.4 Å². The number of hydrogen-bond acceptors (Lipinski definition) is 5. The molecule has 0 aliphatic heterocycles. The van der Waals surface area contributed by atoms with Gasteiger partial charge in [-0.2, -0.15) is 0 Å². The Balaban J connectivity index is 1.24. The number of anilines is 1. The van der Waals surface area contributed by atoms with Crippen LogP contribution in [0.3, 0.4) is 0 Å². The van der Waals surface area contributed by atoms with E-state index in [1.807, 2.05) is 30.3 Å². The summed E-state index contributed by atoms with van der Waals surface area (Å²) in [5.74, 6) is 1.82.